The van der Waals surface area contributed by atoms with Crippen molar-refractivity contribution in [1.82, 2.24) is 0 Å². The van der Waals surface area contributed by atoms with Crippen molar-refractivity contribution in [2.75, 3.05) is 25.2 Å². The fourth-order valence-corrected chi connectivity index (χ4v) is 1.90. The molecule has 1 fully saturated rings. The Morgan fingerprint density at radius 3 is 2.93 bits per heavy atom. The van der Waals surface area contributed by atoms with Crippen LogP contribution in [-0.4, -0.2) is 26.3 Å². The number of benzene rings is 1. The molecule has 0 bridgehead atoms. The van der Waals surface area contributed by atoms with Crippen molar-refractivity contribution >= 4 is 5.69 Å². The van der Waals surface area contributed by atoms with Gasteiger partial charge in [-0.3, -0.25) is 0 Å². The average Bonchev–Trinajstić information content (AvgIpc) is 2.81. The van der Waals surface area contributed by atoms with E-state index in [0.717, 1.165) is 30.9 Å². The number of likely N-dealkylation sites (N-methyl/N-ethyl adjacent to an activating group) is 1. The first kappa shape index (κ1) is 10.0. The maximum Gasteiger partial charge on any atom is 0.101 e. The molecule has 0 saturated carbocycles. The van der Waals surface area contributed by atoms with E-state index in [1.807, 2.05) is 31.3 Å². The zero-order chi connectivity index (χ0) is 10.7. The zero-order valence-corrected chi connectivity index (χ0v) is 8.81. The molecule has 0 aliphatic carbocycles. The molecule has 1 atom stereocenters. The third-order valence-corrected chi connectivity index (χ3v) is 2.86. The molecule has 1 aliphatic rings. The molecule has 1 unspecified atom stereocenters. The first-order valence-electron chi connectivity index (χ1n) is 5.12. The molecule has 1 saturated heterocycles. The van der Waals surface area contributed by atoms with Gasteiger partial charge in [-0.2, -0.15) is 5.26 Å². The lowest BCUT2D eigenvalue weighted by Crippen LogP contribution is -2.32. The van der Waals surface area contributed by atoms with E-state index in [4.69, 9.17) is 10.00 Å². The number of para-hydroxylation sites is 1. The predicted octanol–water partition coefficient (Wildman–Crippen LogP) is 1.78. The molecule has 1 aliphatic heterocycles. The van der Waals surface area contributed by atoms with Crippen LogP contribution in [0.2, 0.25) is 0 Å². The van der Waals surface area contributed by atoms with E-state index < -0.39 is 0 Å². The highest BCUT2D eigenvalue weighted by molar-refractivity contribution is 5.59. The van der Waals surface area contributed by atoms with E-state index in [0.29, 0.717) is 6.04 Å². The van der Waals surface area contributed by atoms with Crippen molar-refractivity contribution < 1.29 is 4.74 Å². The van der Waals surface area contributed by atoms with Crippen LogP contribution in [0.1, 0.15) is 12.0 Å². The van der Waals surface area contributed by atoms with Crippen LogP contribution in [0.5, 0.6) is 0 Å². The van der Waals surface area contributed by atoms with Crippen LogP contribution in [0.25, 0.3) is 0 Å². The summed E-state index contributed by atoms with van der Waals surface area (Å²) in [6.45, 7) is 1.58. The van der Waals surface area contributed by atoms with Crippen molar-refractivity contribution in [2.45, 2.75) is 12.5 Å². The van der Waals surface area contributed by atoms with E-state index in [-0.39, 0.29) is 0 Å². The molecule has 0 radical (unpaired) electrons. The summed E-state index contributed by atoms with van der Waals surface area (Å²) in [4.78, 5) is 2.14. The predicted molar refractivity (Wildman–Crippen MR) is 58.8 cm³/mol. The first-order valence-corrected chi connectivity index (χ1v) is 5.12. The van der Waals surface area contributed by atoms with Gasteiger partial charge in [0.15, 0.2) is 0 Å². The van der Waals surface area contributed by atoms with Crippen molar-refractivity contribution in [2.24, 2.45) is 0 Å². The van der Waals surface area contributed by atoms with Gasteiger partial charge in [-0.15, -0.1) is 0 Å². The Balaban J connectivity index is 2.24. The fourth-order valence-electron chi connectivity index (χ4n) is 1.90. The third kappa shape index (κ3) is 1.95. The molecule has 3 nitrogen and oxygen atoms in total. The van der Waals surface area contributed by atoms with Crippen molar-refractivity contribution in [3.05, 3.63) is 29.8 Å². The maximum atomic E-state index is 9.00. The van der Waals surface area contributed by atoms with Gasteiger partial charge < -0.3 is 9.64 Å². The van der Waals surface area contributed by atoms with Crippen LogP contribution < -0.4 is 4.90 Å². The highest BCUT2D eigenvalue weighted by atomic mass is 16.5. The van der Waals surface area contributed by atoms with Gasteiger partial charge >= 0.3 is 0 Å². The lowest BCUT2D eigenvalue weighted by Gasteiger charge is -2.26. The second-order valence-corrected chi connectivity index (χ2v) is 3.76. The number of nitrogens with zero attached hydrogens (tertiary/aromatic N) is 2. The molecular weight excluding hydrogens is 188 g/mol. The van der Waals surface area contributed by atoms with Crippen molar-refractivity contribution in [3.63, 3.8) is 0 Å². The van der Waals surface area contributed by atoms with E-state index in [1.165, 1.54) is 0 Å². The number of ether oxygens (including phenoxy) is 1. The van der Waals surface area contributed by atoms with E-state index >= 15 is 0 Å². The molecule has 1 aromatic carbocycles. The summed E-state index contributed by atoms with van der Waals surface area (Å²) in [5, 5.41) is 9.00. The maximum absolute atomic E-state index is 9.00. The van der Waals surface area contributed by atoms with Crippen LogP contribution in [0.15, 0.2) is 24.3 Å². The van der Waals surface area contributed by atoms with Gasteiger partial charge in [-0.1, -0.05) is 12.1 Å². The van der Waals surface area contributed by atoms with E-state index in [2.05, 4.69) is 11.0 Å². The molecule has 0 aromatic heterocycles. The highest BCUT2D eigenvalue weighted by Crippen LogP contribution is 2.23. The number of hydrogen-bond donors (Lipinski definition) is 0. The quantitative estimate of drug-likeness (QED) is 0.733. The number of nitriles is 1. The topological polar surface area (TPSA) is 36.3 Å². The summed E-state index contributed by atoms with van der Waals surface area (Å²) in [5.74, 6) is 0. The Hall–Kier alpha value is -1.53. The Bertz CT molecular complexity index is 377. The Morgan fingerprint density at radius 2 is 2.27 bits per heavy atom. The summed E-state index contributed by atoms with van der Waals surface area (Å²) < 4.78 is 5.35. The highest BCUT2D eigenvalue weighted by Gasteiger charge is 2.21. The number of anilines is 1. The van der Waals surface area contributed by atoms with Gasteiger partial charge in [0.05, 0.1) is 23.9 Å². The summed E-state index contributed by atoms with van der Waals surface area (Å²) >= 11 is 0. The molecule has 0 N–H and O–H groups in total. The van der Waals surface area contributed by atoms with Gasteiger partial charge in [0.25, 0.3) is 0 Å². The van der Waals surface area contributed by atoms with Gasteiger partial charge in [0.2, 0.25) is 0 Å². The van der Waals surface area contributed by atoms with Crippen molar-refractivity contribution in [3.8, 4) is 6.07 Å². The minimum atomic E-state index is 0.402. The second-order valence-electron chi connectivity index (χ2n) is 3.76. The summed E-state index contributed by atoms with van der Waals surface area (Å²) in [6.07, 6.45) is 1.04. The van der Waals surface area contributed by atoms with Crippen LogP contribution in [0.4, 0.5) is 5.69 Å². The summed E-state index contributed by atoms with van der Waals surface area (Å²) in [7, 11) is 2.02. The summed E-state index contributed by atoms with van der Waals surface area (Å²) in [6, 6.07) is 10.3. The molecule has 2 rings (SSSR count). The molecule has 0 spiro atoms. The largest absolute Gasteiger partial charge is 0.379 e. The molecular formula is C12H14N2O. The Labute approximate surface area is 89.9 Å². The first-order chi connectivity index (χ1) is 7.33. The van der Waals surface area contributed by atoms with E-state index in [1.54, 1.807) is 0 Å². The SMILES string of the molecule is CN(c1ccccc1C#N)C1CCOC1. The van der Waals surface area contributed by atoms with E-state index in [9.17, 15) is 0 Å². The van der Waals surface area contributed by atoms with Crippen LogP contribution >= 0.6 is 0 Å². The molecule has 3 heteroatoms. The van der Waals surface area contributed by atoms with Gasteiger partial charge in [-0.05, 0) is 18.6 Å². The van der Waals surface area contributed by atoms with Gasteiger partial charge in [-0.25, -0.2) is 0 Å². The third-order valence-electron chi connectivity index (χ3n) is 2.86. The number of hydrogen-bond acceptors (Lipinski definition) is 3. The summed E-state index contributed by atoms with van der Waals surface area (Å²) in [5.41, 5.74) is 1.72. The minimum Gasteiger partial charge on any atom is -0.379 e. The van der Waals surface area contributed by atoms with Crippen molar-refractivity contribution in [1.29, 1.82) is 5.26 Å². The van der Waals surface area contributed by atoms with Crippen LogP contribution in [-0.2, 0) is 4.74 Å². The molecule has 78 valence electrons. The second kappa shape index (κ2) is 4.33. The van der Waals surface area contributed by atoms with Gasteiger partial charge in [0.1, 0.15) is 6.07 Å². The molecule has 15 heavy (non-hydrogen) atoms. The van der Waals surface area contributed by atoms with Crippen LogP contribution in [0, 0.1) is 11.3 Å². The Morgan fingerprint density at radius 1 is 1.47 bits per heavy atom. The standard InChI is InChI=1S/C12H14N2O/c1-14(11-6-7-15-9-11)12-5-3-2-4-10(12)8-13/h2-5,11H,6-7,9H2,1H3. The monoisotopic (exact) mass is 202 g/mol. The van der Waals surface area contributed by atoms with Crippen LogP contribution in [0.3, 0.4) is 0 Å². The number of rotatable bonds is 2. The molecule has 1 aromatic rings. The molecule has 0 amide bonds. The average molecular weight is 202 g/mol. The smallest absolute Gasteiger partial charge is 0.101 e. The molecule has 1 heterocycles. The lowest BCUT2D eigenvalue weighted by atomic mass is 10.1. The lowest BCUT2D eigenvalue weighted by molar-refractivity contribution is 0.193. The normalized spacial score (nSPS) is 19.9. The Kier molecular flexibility index (Phi) is 2.89. The fraction of sp³-hybridized carbons (Fsp3) is 0.417. The zero-order valence-electron chi connectivity index (χ0n) is 8.81. The minimum absolute atomic E-state index is 0.402. The van der Waals surface area contributed by atoms with Gasteiger partial charge in [0, 0.05) is 13.7 Å².